The molecule has 23 heavy (non-hydrogen) atoms. The molecule has 1 aromatic carbocycles. The third kappa shape index (κ3) is 3.65. The van der Waals surface area contributed by atoms with Crippen molar-refractivity contribution in [2.75, 3.05) is 5.32 Å². The molecule has 0 amide bonds. The van der Waals surface area contributed by atoms with E-state index in [4.69, 9.17) is 23.8 Å². The molecule has 0 bridgehead atoms. The standard InChI is InChI=1S/C18H20ClN3S/c1-13-6-7-15(11-16(13)19)21-17(23)22-18(8-2-3-9-18)14-5-4-10-20-12-14/h4-7,10-12H,2-3,8-9H2,1H3,(H2,21,22,23). The highest BCUT2D eigenvalue weighted by Gasteiger charge is 2.36. The molecule has 0 atom stereocenters. The molecule has 0 aliphatic heterocycles. The van der Waals surface area contributed by atoms with Gasteiger partial charge in [0, 0.05) is 23.1 Å². The SMILES string of the molecule is Cc1ccc(NC(=S)NC2(c3cccnc3)CCCC2)cc1Cl. The van der Waals surface area contributed by atoms with E-state index in [1.165, 1.54) is 18.4 Å². The number of halogens is 1. The van der Waals surface area contributed by atoms with Crippen molar-refractivity contribution in [3.05, 3.63) is 58.9 Å². The van der Waals surface area contributed by atoms with Crippen LogP contribution in [0.3, 0.4) is 0 Å². The number of nitrogens with one attached hydrogen (secondary N) is 2. The van der Waals surface area contributed by atoms with E-state index in [9.17, 15) is 0 Å². The molecule has 1 aliphatic rings. The van der Waals surface area contributed by atoms with Crippen LogP contribution in [0.25, 0.3) is 0 Å². The highest BCUT2D eigenvalue weighted by atomic mass is 35.5. The lowest BCUT2D eigenvalue weighted by Crippen LogP contribution is -2.45. The molecule has 3 rings (SSSR count). The Labute approximate surface area is 147 Å². The van der Waals surface area contributed by atoms with Gasteiger partial charge in [-0.2, -0.15) is 0 Å². The molecule has 0 saturated heterocycles. The first-order valence-corrected chi connectivity index (χ1v) is 8.63. The summed E-state index contributed by atoms with van der Waals surface area (Å²) in [6.07, 6.45) is 8.26. The van der Waals surface area contributed by atoms with Gasteiger partial charge in [0.1, 0.15) is 0 Å². The van der Waals surface area contributed by atoms with Crippen molar-refractivity contribution in [2.24, 2.45) is 0 Å². The van der Waals surface area contributed by atoms with Crippen molar-refractivity contribution < 1.29 is 0 Å². The summed E-state index contributed by atoms with van der Waals surface area (Å²) >= 11 is 11.7. The molecule has 1 aromatic heterocycles. The second kappa shape index (κ2) is 6.85. The van der Waals surface area contributed by atoms with Gasteiger partial charge in [-0.3, -0.25) is 4.98 Å². The van der Waals surface area contributed by atoms with Gasteiger partial charge in [-0.15, -0.1) is 0 Å². The van der Waals surface area contributed by atoms with E-state index in [1.807, 2.05) is 37.4 Å². The van der Waals surface area contributed by atoms with Crippen LogP contribution in [0.2, 0.25) is 5.02 Å². The minimum atomic E-state index is -0.118. The summed E-state index contributed by atoms with van der Waals surface area (Å²) in [5.74, 6) is 0. The smallest absolute Gasteiger partial charge is 0.171 e. The Morgan fingerprint density at radius 3 is 2.70 bits per heavy atom. The maximum Gasteiger partial charge on any atom is 0.171 e. The first-order valence-electron chi connectivity index (χ1n) is 7.85. The Morgan fingerprint density at radius 1 is 1.26 bits per heavy atom. The van der Waals surface area contributed by atoms with Gasteiger partial charge in [0.25, 0.3) is 0 Å². The molecular formula is C18H20ClN3S. The number of hydrogen-bond donors (Lipinski definition) is 2. The van der Waals surface area contributed by atoms with Crippen molar-refractivity contribution in [1.29, 1.82) is 0 Å². The number of aromatic nitrogens is 1. The normalized spacial score (nSPS) is 16.1. The second-order valence-electron chi connectivity index (χ2n) is 6.07. The maximum atomic E-state index is 6.18. The lowest BCUT2D eigenvalue weighted by Gasteiger charge is -2.32. The van der Waals surface area contributed by atoms with Crippen LogP contribution in [0, 0.1) is 6.92 Å². The summed E-state index contributed by atoms with van der Waals surface area (Å²) < 4.78 is 0. The van der Waals surface area contributed by atoms with Gasteiger partial charge in [-0.25, -0.2) is 0 Å². The number of thiocarbonyl (C=S) groups is 1. The largest absolute Gasteiger partial charge is 0.353 e. The number of hydrogen-bond acceptors (Lipinski definition) is 2. The molecule has 1 fully saturated rings. The van der Waals surface area contributed by atoms with E-state index in [0.29, 0.717) is 5.11 Å². The van der Waals surface area contributed by atoms with Crippen molar-refractivity contribution in [2.45, 2.75) is 38.1 Å². The number of anilines is 1. The number of aryl methyl sites for hydroxylation is 1. The van der Waals surface area contributed by atoms with Crippen molar-refractivity contribution in [1.82, 2.24) is 10.3 Å². The van der Waals surface area contributed by atoms with Gasteiger partial charge in [0.2, 0.25) is 0 Å². The van der Waals surface area contributed by atoms with Gasteiger partial charge >= 0.3 is 0 Å². The van der Waals surface area contributed by atoms with Crippen LogP contribution in [0.1, 0.15) is 36.8 Å². The van der Waals surface area contributed by atoms with E-state index in [0.717, 1.165) is 29.1 Å². The average Bonchev–Trinajstić information content (AvgIpc) is 3.01. The summed E-state index contributed by atoms with van der Waals surface area (Å²) in [5, 5.41) is 8.13. The Balaban J connectivity index is 1.75. The van der Waals surface area contributed by atoms with E-state index in [1.54, 1.807) is 6.20 Å². The first-order chi connectivity index (χ1) is 11.1. The van der Waals surface area contributed by atoms with Gasteiger partial charge in [0.05, 0.1) is 5.54 Å². The second-order valence-corrected chi connectivity index (χ2v) is 6.89. The topological polar surface area (TPSA) is 37.0 Å². The van der Waals surface area contributed by atoms with E-state index >= 15 is 0 Å². The van der Waals surface area contributed by atoms with Crippen LogP contribution >= 0.6 is 23.8 Å². The zero-order chi connectivity index (χ0) is 16.3. The highest BCUT2D eigenvalue weighted by molar-refractivity contribution is 7.80. The summed E-state index contributed by atoms with van der Waals surface area (Å²) in [6, 6.07) is 9.97. The predicted octanol–water partition coefficient (Wildman–Crippen LogP) is 4.80. The number of pyridine rings is 1. The van der Waals surface area contributed by atoms with Gasteiger partial charge < -0.3 is 10.6 Å². The van der Waals surface area contributed by atoms with E-state index < -0.39 is 0 Å². The monoisotopic (exact) mass is 345 g/mol. The Bertz CT molecular complexity index is 697. The zero-order valence-electron chi connectivity index (χ0n) is 13.1. The molecular weight excluding hydrogens is 326 g/mol. The first kappa shape index (κ1) is 16.2. The van der Waals surface area contributed by atoms with Crippen molar-refractivity contribution in [3.8, 4) is 0 Å². The predicted molar refractivity (Wildman–Crippen MR) is 99.9 cm³/mol. The fraction of sp³-hybridized carbons (Fsp3) is 0.333. The molecule has 3 nitrogen and oxygen atoms in total. The molecule has 0 radical (unpaired) electrons. The molecule has 5 heteroatoms. The maximum absolute atomic E-state index is 6.18. The summed E-state index contributed by atoms with van der Waals surface area (Å²) in [6.45, 7) is 1.98. The summed E-state index contributed by atoms with van der Waals surface area (Å²) in [4.78, 5) is 4.27. The fourth-order valence-corrected chi connectivity index (χ4v) is 3.65. The van der Waals surface area contributed by atoms with Crippen LogP contribution in [-0.4, -0.2) is 10.1 Å². The van der Waals surface area contributed by atoms with Gasteiger partial charge in [0.15, 0.2) is 5.11 Å². The minimum Gasteiger partial charge on any atom is -0.353 e. The number of rotatable bonds is 3. The molecule has 120 valence electrons. The third-order valence-corrected chi connectivity index (χ3v) is 5.07. The van der Waals surface area contributed by atoms with Crippen molar-refractivity contribution >= 4 is 34.6 Å². The lowest BCUT2D eigenvalue weighted by molar-refractivity contribution is 0.407. The molecule has 1 heterocycles. The van der Waals surface area contributed by atoms with Crippen LogP contribution in [0.15, 0.2) is 42.7 Å². The average molecular weight is 346 g/mol. The van der Waals surface area contributed by atoms with Gasteiger partial charge in [-0.1, -0.05) is 36.6 Å². The van der Waals surface area contributed by atoms with Gasteiger partial charge in [-0.05, 0) is 61.3 Å². The van der Waals surface area contributed by atoms with Crippen LogP contribution in [0.5, 0.6) is 0 Å². The Morgan fingerprint density at radius 2 is 2.04 bits per heavy atom. The minimum absolute atomic E-state index is 0.118. The van der Waals surface area contributed by atoms with Crippen LogP contribution < -0.4 is 10.6 Å². The van der Waals surface area contributed by atoms with E-state index in [2.05, 4.69) is 21.7 Å². The lowest BCUT2D eigenvalue weighted by atomic mass is 9.89. The number of benzene rings is 1. The Hall–Kier alpha value is -1.65. The third-order valence-electron chi connectivity index (χ3n) is 4.45. The molecule has 0 spiro atoms. The number of nitrogens with zero attached hydrogens (tertiary/aromatic N) is 1. The molecule has 0 unspecified atom stereocenters. The molecule has 1 saturated carbocycles. The summed E-state index contributed by atoms with van der Waals surface area (Å²) in [7, 11) is 0. The zero-order valence-corrected chi connectivity index (χ0v) is 14.7. The summed E-state index contributed by atoms with van der Waals surface area (Å²) in [5.41, 5.74) is 3.03. The quantitative estimate of drug-likeness (QED) is 0.783. The van der Waals surface area contributed by atoms with Crippen LogP contribution in [-0.2, 0) is 5.54 Å². The molecule has 1 aliphatic carbocycles. The fourth-order valence-electron chi connectivity index (χ4n) is 3.16. The van der Waals surface area contributed by atoms with E-state index in [-0.39, 0.29) is 5.54 Å². The highest BCUT2D eigenvalue weighted by Crippen LogP contribution is 2.38. The van der Waals surface area contributed by atoms with Crippen molar-refractivity contribution in [3.63, 3.8) is 0 Å². The van der Waals surface area contributed by atoms with Crippen LogP contribution in [0.4, 0.5) is 5.69 Å². The Kier molecular flexibility index (Phi) is 4.83. The molecule has 2 aromatic rings. The molecule has 2 N–H and O–H groups in total.